The summed E-state index contributed by atoms with van der Waals surface area (Å²) in [4.78, 5) is 21.0. The maximum absolute atomic E-state index is 11.8. The largest absolute Gasteiger partial charge is 0.497 e. The van der Waals surface area contributed by atoms with Crippen LogP contribution in [0.5, 0.6) is 28.9 Å². The summed E-state index contributed by atoms with van der Waals surface area (Å²) in [5, 5.41) is 0.667. The lowest BCUT2D eigenvalue weighted by atomic mass is 10.0. The smallest absolute Gasteiger partial charge is 0.219 e. The van der Waals surface area contributed by atoms with Gasteiger partial charge in [-0.1, -0.05) is 54.1 Å². The average molecular weight is 718 g/mol. The van der Waals surface area contributed by atoms with Crippen LogP contribution >= 0.6 is 11.6 Å². The number of aryl methyl sites for hydroxylation is 2. The molecule has 0 saturated carbocycles. The Morgan fingerprint density at radius 3 is 2.13 bits per heavy atom. The van der Waals surface area contributed by atoms with E-state index in [9.17, 15) is 4.79 Å². The molecule has 1 aliphatic heterocycles. The molecule has 1 aliphatic rings. The fourth-order valence-corrected chi connectivity index (χ4v) is 6.47. The number of hydrogen-bond donors (Lipinski definition) is 0. The summed E-state index contributed by atoms with van der Waals surface area (Å²) in [6.07, 6.45) is 5.03. The van der Waals surface area contributed by atoms with Crippen molar-refractivity contribution in [2.75, 3.05) is 39.9 Å². The Kier molecular flexibility index (Phi) is 12.5. The molecular weight excluding hydrogens is 674 g/mol. The first-order valence-electron chi connectivity index (χ1n) is 17.5. The SMILES string of the molecule is COc1ccc(OCCc2ccc(CN3CCN(/C(=C/C=O)c4cc(C)c(Oc5ccc(OCc6ccccc6Cl)cn5)c(C)c4)CC3)cc2)cc1. The lowest BCUT2D eigenvalue weighted by Crippen LogP contribution is -2.45. The standard InChI is InChI=1S/C43H44ClN3O5/c1-31-26-36(27-32(2)43(31)52-42-17-16-39(28-45-42)51-30-35-6-4-5-7-40(35)44)41(18-24-48)47-22-20-46(21-23-47)29-34-10-8-33(9-11-34)19-25-50-38-14-12-37(49-3)13-15-38/h4-18,24,26-28H,19-23,25,29-30H2,1-3H3/b41-18+. The van der Waals surface area contributed by atoms with Gasteiger partial charge < -0.3 is 23.8 Å². The van der Waals surface area contributed by atoms with E-state index < -0.39 is 0 Å². The summed E-state index contributed by atoms with van der Waals surface area (Å²) in [5.41, 5.74) is 7.28. The molecule has 6 rings (SSSR count). The quantitative estimate of drug-likeness (QED) is 0.0787. The molecule has 4 aromatic carbocycles. The van der Waals surface area contributed by atoms with Crippen molar-refractivity contribution in [3.63, 3.8) is 0 Å². The molecule has 9 heteroatoms. The number of methoxy groups -OCH3 is 1. The van der Waals surface area contributed by atoms with E-state index in [1.807, 2.05) is 68.4 Å². The number of pyridine rings is 1. The van der Waals surface area contributed by atoms with Crippen LogP contribution in [0, 0.1) is 13.8 Å². The number of aromatic nitrogens is 1. The van der Waals surface area contributed by atoms with E-state index in [1.165, 1.54) is 11.1 Å². The maximum atomic E-state index is 11.8. The van der Waals surface area contributed by atoms with Gasteiger partial charge in [0.05, 0.1) is 19.9 Å². The second-order valence-electron chi connectivity index (χ2n) is 12.8. The molecule has 8 nitrogen and oxygen atoms in total. The highest BCUT2D eigenvalue weighted by atomic mass is 35.5. The predicted molar refractivity (Wildman–Crippen MR) is 206 cm³/mol. The van der Waals surface area contributed by atoms with E-state index in [1.54, 1.807) is 25.4 Å². The summed E-state index contributed by atoms with van der Waals surface area (Å²) >= 11 is 6.25. The van der Waals surface area contributed by atoms with Gasteiger partial charge in [-0.3, -0.25) is 9.69 Å². The Balaban J connectivity index is 0.997. The zero-order valence-electron chi connectivity index (χ0n) is 29.9. The lowest BCUT2D eigenvalue weighted by Gasteiger charge is -2.37. The molecule has 2 heterocycles. The molecule has 0 amide bonds. The zero-order chi connectivity index (χ0) is 36.3. The normalized spacial score (nSPS) is 13.5. The number of piperazine rings is 1. The van der Waals surface area contributed by atoms with E-state index in [-0.39, 0.29) is 0 Å². The highest BCUT2D eigenvalue weighted by Gasteiger charge is 2.21. The van der Waals surface area contributed by atoms with Gasteiger partial charge in [-0.2, -0.15) is 0 Å². The van der Waals surface area contributed by atoms with Gasteiger partial charge in [0.2, 0.25) is 5.88 Å². The van der Waals surface area contributed by atoms with Crippen molar-refractivity contribution in [3.8, 4) is 28.9 Å². The van der Waals surface area contributed by atoms with Crippen molar-refractivity contribution in [1.82, 2.24) is 14.8 Å². The summed E-state index contributed by atoms with van der Waals surface area (Å²) in [6, 6.07) is 31.8. The first-order valence-corrected chi connectivity index (χ1v) is 17.9. The second kappa shape index (κ2) is 17.8. The van der Waals surface area contributed by atoms with Crippen LogP contribution in [0.3, 0.4) is 0 Å². The molecule has 1 aromatic heterocycles. The van der Waals surface area contributed by atoms with Gasteiger partial charge in [-0.15, -0.1) is 0 Å². The molecule has 268 valence electrons. The van der Waals surface area contributed by atoms with Crippen molar-refractivity contribution >= 4 is 23.6 Å². The minimum absolute atomic E-state index is 0.352. The highest BCUT2D eigenvalue weighted by Crippen LogP contribution is 2.33. The Bertz CT molecular complexity index is 1930. The number of aldehydes is 1. The summed E-state index contributed by atoms with van der Waals surface area (Å²) in [6.45, 7) is 9.34. The molecular formula is C43H44ClN3O5. The van der Waals surface area contributed by atoms with Crippen LogP contribution in [0.15, 0.2) is 109 Å². The molecule has 0 spiro atoms. The van der Waals surface area contributed by atoms with Crippen molar-refractivity contribution in [2.24, 2.45) is 0 Å². The van der Waals surface area contributed by atoms with Crippen LogP contribution < -0.4 is 18.9 Å². The van der Waals surface area contributed by atoms with Gasteiger partial charge in [0, 0.05) is 67.6 Å². The Morgan fingerprint density at radius 2 is 1.48 bits per heavy atom. The number of benzene rings is 4. The summed E-state index contributed by atoms with van der Waals surface area (Å²) in [5.74, 6) is 3.50. The average Bonchev–Trinajstić information content (AvgIpc) is 3.17. The number of carbonyl (C=O) groups is 1. The number of hydrogen-bond acceptors (Lipinski definition) is 8. The highest BCUT2D eigenvalue weighted by molar-refractivity contribution is 6.31. The molecule has 1 fully saturated rings. The summed E-state index contributed by atoms with van der Waals surface area (Å²) < 4.78 is 23.2. The number of nitrogens with zero attached hydrogens (tertiary/aromatic N) is 3. The van der Waals surface area contributed by atoms with Crippen LogP contribution in [-0.4, -0.2) is 61.0 Å². The molecule has 0 radical (unpaired) electrons. The second-order valence-corrected chi connectivity index (χ2v) is 13.2. The van der Waals surface area contributed by atoms with E-state index in [4.69, 9.17) is 30.5 Å². The first-order chi connectivity index (χ1) is 25.4. The van der Waals surface area contributed by atoms with Gasteiger partial charge in [0.25, 0.3) is 0 Å². The third-order valence-electron chi connectivity index (χ3n) is 9.11. The predicted octanol–water partition coefficient (Wildman–Crippen LogP) is 8.71. The number of halogens is 1. The van der Waals surface area contributed by atoms with Crippen LogP contribution in [0.1, 0.15) is 33.4 Å². The van der Waals surface area contributed by atoms with Gasteiger partial charge in [-0.25, -0.2) is 4.98 Å². The molecule has 1 saturated heterocycles. The molecule has 0 bridgehead atoms. The number of carbonyl (C=O) groups excluding carboxylic acids is 1. The molecule has 0 unspecified atom stereocenters. The number of rotatable bonds is 15. The van der Waals surface area contributed by atoms with Crippen LogP contribution in [0.2, 0.25) is 5.02 Å². The Morgan fingerprint density at radius 1 is 0.808 bits per heavy atom. The van der Waals surface area contributed by atoms with E-state index in [0.717, 1.165) is 90.6 Å². The van der Waals surface area contributed by atoms with Crippen LogP contribution in [0.4, 0.5) is 0 Å². The fourth-order valence-electron chi connectivity index (χ4n) is 6.28. The van der Waals surface area contributed by atoms with Crippen molar-refractivity contribution in [3.05, 3.63) is 148 Å². The van der Waals surface area contributed by atoms with Crippen molar-refractivity contribution in [1.29, 1.82) is 0 Å². The molecule has 0 aliphatic carbocycles. The minimum Gasteiger partial charge on any atom is -0.497 e. The van der Waals surface area contributed by atoms with E-state index in [0.29, 0.717) is 29.9 Å². The minimum atomic E-state index is 0.352. The van der Waals surface area contributed by atoms with E-state index >= 15 is 0 Å². The van der Waals surface area contributed by atoms with Crippen molar-refractivity contribution < 1.29 is 23.7 Å². The first kappa shape index (κ1) is 36.5. The zero-order valence-corrected chi connectivity index (χ0v) is 30.6. The molecule has 0 atom stereocenters. The van der Waals surface area contributed by atoms with Gasteiger partial charge in [0.15, 0.2) is 0 Å². The molecule has 0 N–H and O–H groups in total. The van der Waals surface area contributed by atoms with Crippen LogP contribution in [0.25, 0.3) is 5.70 Å². The fraction of sp³-hybridized carbons (Fsp3) is 0.256. The van der Waals surface area contributed by atoms with Crippen molar-refractivity contribution in [2.45, 2.75) is 33.4 Å². The molecule has 5 aromatic rings. The summed E-state index contributed by atoms with van der Waals surface area (Å²) in [7, 11) is 1.66. The maximum Gasteiger partial charge on any atom is 0.219 e. The topological polar surface area (TPSA) is 73.4 Å². The number of ether oxygens (including phenoxy) is 4. The number of allylic oxidation sites excluding steroid dienone is 1. The molecule has 52 heavy (non-hydrogen) atoms. The third kappa shape index (κ3) is 9.72. The van der Waals surface area contributed by atoms with Gasteiger partial charge in [-0.05, 0) is 90.2 Å². The Labute approximate surface area is 311 Å². The van der Waals surface area contributed by atoms with Crippen LogP contribution in [-0.2, 0) is 24.4 Å². The third-order valence-corrected chi connectivity index (χ3v) is 9.48. The monoisotopic (exact) mass is 717 g/mol. The van der Waals surface area contributed by atoms with E-state index in [2.05, 4.69) is 51.2 Å². The lowest BCUT2D eigenvalue weighted by molar-refractivity contribution is -0.104. The van der Waals surface area contributed by atoms with Gasteiger partial charge >= 0.3 is 0 Å². The Hall–Kier alpha value is -5.31. The van der Waals surface area contributed by atoms with Gasteiger partial charge in [0.1, 0.15) is 35.9 Å².